The van der Waals surface area contributed by atoms with Gasteiger partial charge in [0.2, 0.25) is 17.8 Å². The molecule has 7 nitrogen and oxygen atoms in total. The molecule has 3 rings (SSSR count). The van der Waals surface area contributed by atoms with Gasteiger partial charge in [-0.15, -0.1) is 0 Å². The van der Waals surface area contributed by atoms with Gasteiger partial charge in [0.15, 0.2) is 5.82 Å². The lowest BCUT2D eigenvalue weighted by Gasteiger charge is -2.12. The fraction of sp³-hybridized carbons (Fsp3) is 0.188. The van der Waals surface area contributed by atoms with Crippen LogP contribution < -0.4 is 10.6 Å². The van der Waals surface area contributed by atoms with E-state index in [2.05, 4.69) is 35.6 Å². The molecular formula is C16H15ClFN7. The SMILES string of the molecule is CC(C)Nc1nc(Nc2ccc(F)nc2)nc(-c2cccc(Cl)n2)n1. The number of aromatic nitrogens is 5. The first-order valence-corrected chi connectivity index (χ1v) is 7.91. The first-order valence-electron chi connectivity index (χ1n) is 7.54. The number of nitrogens with zero attached hydrogens (tertiary/aromatic N) is 5. The summed E-state index contributed by atoms with van der Waals surface area (Å²) in [5.74, 6) is 0.466. The number of halogens is 2. The standard InChI is InChI=1S/C16H15ClFN7/c1-9(2)20-15-23-14(11-4-3-5-12(17)22-11)24-16(25-15)21-10-6-7-13(18)19-8-10/h3-9H,1-2H3,(H2,20,21,23,24,25). The number of nitrogens with one attached hydrogen (secondary N) is 2. The zero-order valence-electron chi connectivity index (χ0n) is 13.5. The Hall–Kier alpha value is -2.87. The lowest BCUT2D eigenvalue weighted by Crippen LogP contribution is -2.14. The van der Waals surface area contributed by atoms with Crippen molar-refractivity contribution in [2.75, 3.05) is 10.6 Å². The largest absolute Gasteiger partial charge is 0.352 e. The average Bonchev–Trinajstić information content (AvgIpc) is 2.56. The highest BCUT2D eigenvalue weighted by Gasteiger charge is 2.11. The van der Waals surface area contributed by atoms with Crippen LogP contribution in [0, 0.1) is 5.95 Å². The van der Waals surface area contributed by atoms with Gasteiger partial charge in [-0.2, -0.15) is 19.3 Å². The molecule has 0 spiro atoms. The van der Waals surface area contributed by atoms with E-state index in [4.69, 9.17) is 11.6 Å². The Morgan fingerprint density at radius 1 is 1.00 bits per heavy atom. The first-order chi connectivity index (χ1) is 12.0. The highest BCUT2D eigenvalue weighted by molar-refractivity contribution is 6.29. The van der Waals surface area contributed by atoms with Crippen LogP contribution in [0.4, 0.5) is 22.0 Å². The van der Waals surface area contributed by atoms with Crippen LogP contribution in [0.5, 0.6) is 0 Å². The second-order valence-electron chi connectivity index (χ2n) is 5.45. The van der Waals surface area contributed by atoms with Crippen molar-refractivity contribution >= 4 is 29.2 Å². The van der Waals surface area contributed by atoms with E-state index in [9.17, 15) is 4.39 Å². The molecule has 0 atom stereocenters. The smallest absolute Gasteiger partial charge is 0.232 e. The average molecular weight is 360 g/mol. The lowest BCUT2D eigenvalue weighted by molar-refractivity contribution is 0.584. The molecular weight excluding hydrogens is 345 g/mol. The number of pyridine rings is 2. The maximum atomic E-state index is 12.9. The first kappa shape index (κ1) is 17.0. The number of hydrogen-bond acceptors (Lipinski definition) is 7. The molecule has 0 aliphatic rings. The summed E-state index contributed by atoms with van der Waals surface area (Å²) in [6.07, 6.45) is 1.35. The molecule has 0 saturated heterocycles. The van der Waals surface area contributed by atoms with Gasteiger partial charge in [0.1, 0.15) is 10.8 Å². The molecule has 0 aliphatic heterocycles. The second-order valence-corrected chi connectivity index (χ2v) is 5.83. The van der Waals surface area contributed by atoms with Gasteiger partial charge in [-0.1, -0.05) is 17.7 Å². The zero-order chi connectivity index (χ0) is 17.8. The van der Waals surface area contributed by atoms with Crippen LogP contribution in [-0.2, 0) is 0 Å². The summed E-state index contributed by atoms with van der Waals surface area (Å²) >= 11 is 5.95. The summed E-state index contributed by atoms with van der Waals surface area (Å²) in [5, 5.41) is 6.44. The Bertz CT molecular complexity index is 871. The van der Waals surface area contributed by atoms with E-state index >= 15 is 0 Å². The molecule has 0 aromatic carbocycles. The Balaban J connectivity index is 1.98. The minimum atomic E-state index is -0.563. The van der Waals surface area contributed by atoms with Crippen molar-refractivity contribution < 1.29 is 4.39 Å². The Labute approximate surface area is 148 Å². The van der Waals surface area contributed by atoms with Crippen LogP contribution in [0.2, 0.25) is 5.15 Å². The molecule has 0 bridgehead atoms. The third kappa shape index (κ3) is 4.57. The number of hydrogen-bond donors (Lipinski definition) is 2. The van der Waals surface area contributed by atoms with Crippen LogP contribution >= 0.6 is 11.6 Å². The van der Waals surface area contributed by atoms with Gasteiger partial charge in [0.25, 0.3) is 0 Å². The molecule has 0 fully saturated rings. The third-order valence-electron chi connectivity index (χ3n) is 2.98. The molecule has 0 aliphatic carbocycles. The summed E-state index contributed by atoms with van der Waals surface area (Å²) in [5.41, 5.74) is 1.06. The third-order valence-corrected chi connectivity index (χ3v) is 3.19. The minimum Gasteiger partial charge on any atom is -0.352 e. The van der Waals surface area contributed by atoms with Crippen molar-refractivity contribution in [2.45, 2.75) is 19.9 Å². The van der Waals surface area contributed by atoms with Crippen molar-refractivity contribution in [2.24, 2.45) is 0 Å². The van der Waals surface area contributed by atoms with Crippen LogP contribution in [0.1, 0.15) is 13.8 Å². The normalized spacial score (nSPS) is 10.8. The van der Waals surface area contributed by atoms with E-state index in [-0.39, 0.29) is 12.0 Å². The Kier molecular flexibility index (Phi) is 4.99. The van der Waals surface area contributed by atoms with E-state index in [1.807, 2.05) is 13.8 Å². The van der Waals surface area contributed by atoms with E-state index in [0.717, 1.165) is 0 Å². The molecule has 25 heavy (non-hydrogen) atoms. The van der Waals surface area contributed by atoms with Crippen LogP contribution in [0.3, 0.4) is 0 Å². The molecule has 128 valence electrons. The maximum Gasteiger partial charge on any atom is 0.232 e. The Morgan fingerprint density at radius 3 is 2.48 bits per heavy atom. The fourth-order valence-corrected chi connectivity index (χ4v) is 2.14. The van der Waals surface area contributed by atoms with E-state index in [0.29, 0.717) is 28.3 Å². The quantitative estimate of drug-likeness (QED) is 0.671. The summed E-state index contributed by atoms with van der Waals surface area (Å²) in [6.45, 7) is 3.94. The van der Waals surface area contributed by atoms with Gasteiger partial charge in [-0.25, -0.2) is 9.97 Å². The summed E-state index contributed by atoms with van der Waals surface area (Å²) in [7, 11) is 0. The maximum absolute atomic E-state index is 12.9. The highest BCUT2D eigenvalue weighted by Crippen LogP contribution is 2.20. The Morgan fingerprint density at radius 2 is 1.80 bits per heavy atom. The van der Waals surface area contributed by atoms with Gasteiger partial charge in [-0.05, 0) is 38.1 Å². The molecule has 0 unspecified atom stereocenters. The molecule has 3 heterocycles. The van der Waals surface area contributed by atoms with Crippen molar-refractivity contribution in [1.29, 1.82) is 0 Å². The van der Waals surface area contributed by atoms with E-state index in [1.54, 1.807) is 24.3 Å². The van der Waals surface area contributed by atoms with Crippen molar-refractivity contribution in [3.63, 3.8) is 0 Å². The minimum absolute atomic E-state index is 0.128. The molecule has 0 amide bonds. The molecule has 3 aromatic rings. The van der Waals surface area contributed by atoms with Crippen LogP contribution in [0.25, 0.3) is 11.5 Å². The predicted octanol–water partition coefficient (Wildman–Crippen LogP) is 3.69. The van der Waals surface area contributed by atoms with Crippen molar-refractivity contribution in [3.05, 3.63) is 47.6 Å². The molecule has 2 N–H and O–H groups in total. The lowest BCUT2D eigenvalue weighted by atomic mass is 10.3. The van der Waals surface area contributed by atoms with Gasteiger partial charge in [0.05, 0.1) is 11.9 Å². The summed E-state index contributed by atoms with van der Waals surface area (Å²) in [6, 6.07) is 8.10. The number of anilines is 3. The van der Waals surface area contributed by atoms with Crippen LogP contribution in [-0.4, -0.2) is 31.0 Å². The molecule has 0 saturated carbocycles. The van der Waals surface area contributed by atoms with E-state index in [1.165, 1.54) is 12.3 Å². The molecule has 3 aromatic heterocycles. The summed E-state index contributed by atoms with van der Waals surface area (Å²) in [4.78, 5) is 20.8. The molecule has 9 heteroatoms. The highest BCUT2D eigenvalue weighted by atomic mass is 35.5. The predicted molar refractivity (Wildman–Crippen MR) is 94.3 cm³/mol. The monoisotopic (exact) mass is 359 g/mol. The number of rotatable bonds is 5. The van der Waals surface area contributed by atoms with E-state index < -0.39 is 5.95 Å². The fourth-order valence-electron chi connectivity index (χ4n) is 1.98. The van der Waals surface area contributed by atoms with Gasteiger partial charge >= 0.3 is 0 Å². The molecule has 0 radical (unpaired) electrons. The topological polar surface area (TPSA) is 88.5 Å². The van der Waals surface area contributed by atoms with Crippen LogP contribution in [0.15, 0.2) is 36.5 Å². The van der Waals surface area contributed by atoms with Gasteiger partial charge in [0, 0.05) is 6.04 Å². The van der Waals surface area contributed by atoms with Crippen molar-refractivity contribution in [3.8, 4) is 11.5 Å². The van der Waals surface area contributed by atoms with Crippen molar-refractivity contribution in [1.82, 2.24) is 24.9 Å². The second kappa shape index (κ2) is 7.35. The van der Waals surface area contributed by atoms with Gasteiger partial charge in [-0.3, -0.25) is 0 Å². The van der Waals surface area contributed by atoms with Gasteiger partial charge < -0.3 is 10.6 Å². The summed E-state index contributed by atoms with van der Waals surface area (Å²) < 4.78 is 12.9. The zero-order valence-corrected chi connectivity index (χ0v) is 14.3.